The zero-order valence-corrected chi connectivity index (χ0v) is 16.3. The molecule has 1 aromatic carbocycles. The van der Waals surface area contributed by atoms with Crippen LogP contribution in [0.25, 0.3) is 5.69 Å². The van der Waals surface area contributed by atoms with Gasteiger partial charge in [-0.1, -0.05) is 29.8 Å². The van der Waals surface area contributed by atoms with Crippen LogP contribution in [0.5, 0.6) is 0 Å². The average molecular weight is 403 g/mol. The minimum absolute atomic E-state index is 0.0977. The predicted octanol–water partition coefficient (Wildman–Crippen LogP) is 1.96. The van der Waals surface area contributed by atoms with Gasteiger partial charge in [-0.3, -0.25) is 9.59 Å². The van der Waals surface area contributed by atoms with Gasteiger partial charge in [-0.15, -0.1) is 0 Å². The van der Waals surface area contributed by atoms with E-state index < -0.39 is 0 Å². The Morgan fingerprint density at radius 2 is 1.89 bits per heavy atom. The summed E-state index contributed by atoms with van der Waals surface area (Å²) in [5.41, 5.74) is 0.908. The number of amides is 1. The standard InChI is InChI=1S/C20H23ClN4O3/c21-18-17(13-22-25(20(18)27)16-6-2-1-3-7-16)24-8-4-5-15(14-24)19(26)23-9-11-28-12-10-23/h1-3,6-7,13,15H,4-5,8-12,14H2. The summed E-state index contributed by atoms with van der Waals surface area (Å²) in [5, 5.41) is 4.45. The molecule has 3 heterocycles. The second-order valence-corrected chi connectivity index (χ2v) is 7.50. The molecule has 0 N–H and O–H groups in total. The first-order valence-electron chi connectivity index (χ1n) is 9.60. The second kappa shape index (κ2) is 8.32. The third kappa shape index (κ3) is 3.77. The number of carbonyl (C=O) groups is 1. The van der Waals surface area contributed by atoms with Gasteiger partial charge in [-0.2, -0.15) is 9.78 Å². The summed E-state index contributed by atoms with van der Waals surface area (Å²) in [6.07, 6.45) is 3.34. The van der Waals surface area contributed by atoms with E-state index in [1.54, 1.807) is 6.20 Å². The molecule has 2 fully saturated rings. The van der Waals surface area contributed by atoms with Crippen molar-refractivity contribution in [2.45, 2.75) is 12.8 Å². The maximum absolute atomic E-state index is 12.9. The van der Waals surface area contributed by atoms with Crippen LogP contribution in [0.4, 0.5) is 5.69 Å². The molecule has 148 valence electrons. The van der Waals surface area contributed by atoms with Crippen molar-refractivity contribution >= 4 is 23.2 Å². The van der Waals surface area contributed by atoms with Crippen molar-refractivity contribution in [1.82, 2.24) is 14.7 Å². The van der Waals surface area contributed by atoms with Gasteiger partial charge in [-0.25, -0.2) is 0 Å². The van der Waals surface area contributed by atoms with Crippen LogP contribution in [0.3, 0.4) is 0 Å². The lowest BCUT2D eigenvalue weighted by molar-refractivity contribution is -0.139. The summed E-state index contributed by atoms with van der Waals surface area (Å²) in [7, 11) is 0. The van der Waals surface area contributed by atoms with Crippen molar-refractivity contribution in [2.24, 2.45) is 5.92 Å². The Labute approximate surface area is 168 Å². The number of hydrogen-bond donors (Lipinski definition) is 0. The van der Waals surface area contributed by atoms with Gasteiger partial charge in [0.25, 0.3) is 5.56 Å². The number of para-hydroxylation sites is 1. The van der Waals surface area contributed by atoms with Crippen LogP contribution in [0.1, 0.15) is 12.8 Å². The third-order valence-electron chi connectivity index (χ3n) is 5.34. The number of carbonyl (C=O) groups excluding carboxylic acids is 1. The van der Waals surface area contributed by atoms with E-state index in [1.165, 1.54) is 4.68 Å². The number of halogens is 1. The van der Waals surface area contributed by atoms with Gasteiger partial charge >= 0.3 is 0 Å². The Bertz CT molecular complexity index is 896. The SMILES string of the molecule is O=C(C1CCCN(c2cnn(-c3ccccc3)c(=O)c2Cl)C1)N1CCOCC1. The fourth-order valence-electron chi connectivity index (χ4n) is 3.84. The van der Waals surface area contributed by atoms with E-state index in [0.29, 0.717) is 44.2 Å². The molecule has 0 saturated carbocycles. The molecule has 2 aromatic rings. The van der Waals surface area contributed by atoms with Gasteiger partial charge in [-0.05, 0) is 25.0 Å². The summed E-state index contributed by atoms with van der Waals surface area (Å²) in [5.74, 6) is 0.0641. The highest BCUT2D eigenvalue weighted by molar-refractivity contribution is 6.33. The monoisotopic (exact) mass is 402 g/mol. The van der Waals surface area contributed by atoms with Crippen LogP contribution in [0.2, 0.25) is 5.02 Å². The van der Waals surface area contributed by atoms with Gasteiger partial charge in [0.1, 0.15) is 5.02 Å². The fourth-order valence-corrected chi connectivity index (χ4v) is 4.09. The number of benzene rings is 1. The minimum atomic E-state index is -0.355. The third-order valence-corrected chi connectivity index (χ3v) is 5.69. The molecular weight excluding hydrogens is 380 g/mol. The molecular formula is C20H23ClN4O3. The smallest absolute Gasteiger partial charge is 0.292 e. The lowest BCUT2D eigenvalue weighted by Crippen LogP contribution is -2.48. The van der Waals surface area contributed by atoms with E-state index in [4.69, 9.17) is 16.3 Å². The molecule has 0 radical (unpaired) electrons. The lowest BCUT2D eigenvalue weighted by atomic mass is 9.96. The lowest BCUT2D eigenvalue weighted by Gasteiger charge is -2.37. The van der Waals surface area contributed by atoms with Gasteiger partial charge in [0.2, 0.25) is 5.91 Å². The summed E-state index contributed by atoms with van der Waals surface area (Å²) in [6.45, 7) is 3.77. The van der Waals surface area contributed by atoms with Crippen LogP contribution in [-0.4, -0.2) is 60.0 Å². The molecule has 0 bridgehead atoms. The first kappa shape index (κ1) is 19.0. The molecule has 2 saturated heterocycles. The summed E-state index contributed by atoms with van der Waals surface area (Å²) < 4.78 is 6.63. The number of aromatic nitrogens is 2. The van der Waals surface area contributed by atoms with Crippen LogP contribution >= 0.6 is 11.6 Å². The van der Waals surface area contributed by atoms with Crippen LogP contribution in [0.15, 0.2) is 41.3 Å². The molecule has 1 aromatic heterocycles. The number of morpholine rings is 1. The first-order chi connectivity index (χ1) is 13.6. The minimum Gasteiger partial charge on any atom is -0.378 e. The zero-order chi connectivity index (χ0) is 19.5. The van der Waals surface area contributed by atoms with Crippen molar-refractivity contribution in [1.29, 1.82) is 0 Å². The topological polar surface area (TPSA) is 67.7 Å². The van der Waals surface area contributed by atoms with Crippen molar-refractivity contribution in [2.75, 3.05) is 44.3 Å². The molecule has 8 heteroatoms. The Hall–Kier alpha value is -2.38. The number of anilines is 1. The van der Waals surface area contributed by atoms with Crippen LogP contribution < -0.4 is 10.5 Å². The summed E-state index contributed by atoms with van der Waals surface area (Å²) >= 11 is 6.43. The van der Waals surface area contributed by atoms with Crippen molar-refractivity contribution in [3.8, 4) is 5.69 Å². The van der Waals surface area contributed by atoms with E-state index in [1.807, 2.05) is 40.1 Å². The number of hydrogen-bond acceptors (Lipinski definition) is 5. The normalized spacial score (nSPS) is 20.2. The summed E-state index contributed by atoms with van der Waals surface area (Å²) in [4.78, 5) is 29.5. The first-order valence-corrected chi connectivity index (χ1v) is 9.97. The maximum Gasteiger partial charge on any atom is 0.292 e. The zero-order valence-electron chi connectivity index (χ0n) is 15.6. The van der Waals surface area contributed by atoms with Gasteiger partial charge in [0.05, 0.1) is 36.7 Å². The number of piperidine rings is 1. The largest absolute Gasteiger partial charge is 0.378 e. The van der Waals surface area contributed by atoms with Crippen LogP contribution in [-0.2, 0) is 9.53 Å². The van der Waals surface area contributed by atoms with E-state index in [2.05, 4.69) is 5.10 Å². The Morgan fingerprint density at radius 1 is 1.14 bits per heavy atom. The quantitative estimate of drug-likeness (QED) is 0.785. The maximum atomic E-state index is 12.9. The number of rotatable bonds is 3. The van der Waals surface area contributed by atoms with Crippen molar-refractivity contribution in [3.63, 3.8) is 0 Å². The average Bonchev–Trinajstić information content (AvgIpc) is 2.76. The molecule has 28 heavy (non-hydrogen) atoms. The highest BCUT2D eigenvalue weighted by Crippen LogP contribution is 2.28. The molecule has 1 amide bonds. The molecule has 7 nitrogen and oxygen atoms in total. The van der Waals surface area contributed by atoms with Gasteiger partial charge in [0, 0.05) is 26.2 Å². The Balaban J connectivity index is 1.54. The van der Waals surface area contributed by atoms with E-state index in [9.17, 15) is 9.59 Å². The van der Waals surface area contributed by atoms with Gasteiger partial charge in [0.15, 0.2) is 0 Å². The molecule has 2 aliphatic rings. The second-order valence-electron chi connectivity index (χ2n) is 7.12. The molecule has 4 rings (SSSR count). The molecule has 1 unspecified atom stereocenters. The fraction of sp³-hybridized carbons (Fsp3) is 0.450. The van der Waals surface area contributed by atoms with E-state index in [0.717, 1.165) is 19.4 Å². The molecule has 0 aliphatic carbocycles. The highest BCUT2D eigenvalue weighted by Gasteiger charge is 2.31. The van der Waals surface area contributed by atoms with E-state index in [-0.39, 0.29) is 22.4 Å². The molecule has 1 atom stereocenters. The highest BCUT2D eigenvalue weighted by atomic mass is 35.5. The number of nitrogens with zero attached hydrogens (tertiary/aromatic N) is 4. The molecule has 0 spiro atoms. The van der Waals surface area contributed by atoms with Crippen molar-refractivity contribution < 1.29 is 9.53 Å². The Kier molecular flexibility index (Phi) is 5.64. The molecule has 2 aliphatic heterocycles. The van der Waals surface area contributed by atoms with Crippen LogP contribution in [0, 0.1) is 5.92 Å². The van der Waals surface area contributed by atoms with Crippen molar-refractivity contribution in [3.05, 3.63) is 51.9 Å². The van der Waals surface area contributed by atoms with E-state index >= 15 is 0 Å². The number of ether oxygens (including phenoxy) is 1. The predicted molar refractivity (Wildman–Crippen MR) is 107 cm³/mol. The van der Waals surface area contributed by atoms with Gasteiger partial charge < -0.3 is 14.5 Å². The Morgan fingerprint density at radius 3 is 2.64 bits per heavy atom. The summed E-state index contributed by atoms with van der Waals surface area (Å²) in [6, 6.07) is 9.18.